The van der Waals surface area contributed by atoms with Crippen LogP contribution in [-0.4, -0.2) is 50.9 Å². The summed E-state index contributed by atoms with van der Waals surface area (Å²) < 4.78 is 10.9. The Kier molecular flexibility index (Phi) is 5.83. The van der Waals surface area contributed by atoms with Crippen molar-refractivity contribution >= 4 is 0 Å². The molecule has 0 amide bonds. The summed E-state index contributed by atoms with van der Waals surface area (Å²) in [7, 11) is 3.90. The van der Waals surface area contributed by atoms with E-state index in [0.717, 1.165) is 38.5 Å². The number of ether oxygens (including phenoxy) is 2. The molecule has 2 atom stereocenters. The van der Waals surface area contributed by atoms with Crippen LogP contribution in [0.2, 0.25) is 0 Å². The fraction of sp³-hybridized carbons (Fsp3) is 0.625. The van der Waals surface area contributed by atoms with Gasteiger partial charge in [0.25, 0.3) is 0 Å². The van der Waals surface area contributed by atoms with Gasteiger partial charge < -0.3 is 14.8 Å². The Hall–Kier alpha value is -1.10. The second-order valence-electron chi connectivity index (χ2n) is 5.54. The second kappa shape index (κ2) is 7.62. The summed E-state index contributed by atoms with van der Waals surface area (Å²) in [5.41, 5.74) is 1.23. The van der Waals surface area contributed by atoms with Gasteiger partial charge in [-0.05, 0) is 26.5 Å². The molecule has 4 heteroatoms. The molecule has 4 nitrogen and oxygen atoms in total. The maximum absolute atomic E-state index is 5.52. The van der Waals surface area contributed by atoms with Crippen LogP contribution in [0.25, 0.3) is 0 Å². The quantitative estimate of drug-likeness (QED) is 0.861. The van der Waals surface area contributed by atoms with Gasteiger partial charge in [-0.3, -0.25) is 4.90 Å². The lowest BCUT2D eigenvalue weighted by molar-refractivity contribution is 0.0638. The normalized spacial score (nSPS) is 20.9. The summed E-state index contributed by atoms with van der Waals surface area (Å²) in [4.78, 5) is 2.37. The smallest absolute Gasteiger partial charge is 0.123 e. The fourth-order valence-corrected chi connectivity index (χ4v) is 2.62. The first-order valence-electron chi connectivity index (χ1n) is 7.34. The van der Waals surface area contributed by atoms with E-state index >= 15 is 0 Å². The van der Waals surface area contributed by atoms with Crippen molar-refractivity contribution in [3.63, 3.8) is 0 Å². The Morgan fingerprint density at radius 1 is 1.45 bits per heavy atom. The van der Waals surface area contributed by atoms with E-state index in [1.165, 1.54) is 5.56 Å². The molecule has 20 heavy (non-hydrogen) atoms. The van der Waals surface area contributed by atoms with Gasteiger partial charge in [-0.2, -0.15) is 0 Å². The Labute approximate surface area is 122 Å². The minimum Gasteiger partial charge on any atom is -0.496 e. The Bertz CT molecular complexity index is 405. The summed E-state index contributed by atoms with van der Waals surface area (Å²) in [6.45, 7) is 5.80. The average Bonchev–Trinajstić information content (AvgIpc) is 2.48. The van der Waals surface area contributed by atoms with Gasteiger partial charge in [0.05, 0.1) is 20.3 Å². The number of hydrogen-bond donors (Lipinski definition) is 1. The molecule has 1 aliphatic heterocycles. The molecular formula is C16H26N2O2. The molecule has 112 valence electrons. The number of rotatable bonds is 6. The Balaban J connectivity index is 1.88. The molecule has 1 saturated heterocycles. The Morgan fingerprint density at radius 3 is 2.95 bits per heavy atom. The minimum atomic E-state index is 0.471. The standard InChI is InChI=1S/C16H26N2O2/c1-13(10-15-12-20-9-8-17-15)18(2)11-14-6-4-5-7-16(14)19-3/h4-7,13,15,17H,8-12H2,1-3H3. The molecule has 0 bridgehead atoms. The third kappa shape index (κ3) is 4.20. The Morgan fingerprint density at radius 2 is 2.25 bits per heavy atom. The van der Waals surface area contributed by atoms with Crippen molar-refractivity contribution in [2.75, 3.05) is 33.9 Å². The van der Waals surface area contributed by atoms with E-state index in [2.05, 4.69) is 36.3 Å². The second-order valence-corrected chi connectivity index (χ2v) is 5.54. The molecule has 0 saturated carbocycles. The molecule has 1 fully saturated rings. The monoisotopic (exact) mass is 278 g/mol. The van der Waals surface area contributed by atoms with E-state index in [9.17, 15) is 0 Å². The largest absolute Gasteiger partial charge is 0.496 e. The zero-order valence-corrected chi connectivity index (χ0v) is 12.8. The topological polar surface area (TPSA) is 33.7 Å². The highest BCUT2D eigenvalue weighted by Gasteiger charge is 2.19. The van der Waals surface area contributed by atoms with Gasteiger partial charge in [-0.15, -0.1) is 0 Å². The van der Waals surface area contributed by atoms with Crippen molar-refractivity contribution in [3.05, 3.63) is 29.8 Å². The maximum atomic E-state index is 5.52. The molecule has 2 unspecified atom stereocenters. The van der Waals surface area contributed by atoms with Crippen LogP contribution in [0, 0.1) is 0 Å². The lowest BCUT2D eigenvalue weighted by atomic mass is 10.1. The third-order valence-corrected chi connectivity index (χ3v) is 3.99. The van der Waals surface area contributed by atoms with E-state index < -0.39 is 0 Å². The summed E-state index contributed by atoms with van der Waals surface area (Å²) >= 11 is 0. The molecule has 1 aromatic rings. The van der Waals surface area contributed by atoms with E-state index in [-0.39, 0.29) is 0 Å². The van der Waals surface area contributed by atoms with Gasteiger partial charge in [-0.25, -0.2) is 0 Å². The third-order valence-electron chi connectivity index (χ3n) is 3.99. The van der Waals surface area contributed by atoms with E-state index in [0.29, 0.717) is 12.1 Å². The number of benzene rings is 1. The van der Waals surface area contributed by atoms with Crippen molar-refractivity contribution in [1.82, 2.24) is 10.2 Å². The molecule has 0 aromatic heterocycles. The lowest BCUT2D eigenvalue weighted by Crippen LogP contribution is -2.45. The van der Waals surface area contributed by atoms with Gasteiger partial charge in [0.15, 0.2) is 0 Å². The summed E-state index contributed by atoms with van der Waals surface area (Å²) in [5.74, 6) is 0.964. The van der Waals surface area contributed by atoms with Crippen molar-refractivity contribution in [2.45, 2.75) is 32.0 Å². The lowest BCUT2D eigenvalue weighted by Gasteiger charge is -2.31. The molecule has 2 rings (SSSR count). The molecule has 1 aromatic carbocycles. The number of nitrogens with zero attached hydrogens (tertiary/aromatic N) is 1. The SMILES string of the molecule is COc1ccccc1CN(C)C(C)CC1COCCN1. The minimum absolute atomic E-state index is 0.471. The maximum Gasteiger partial charge on any atom is 0.123 e. The van der Waals surface area contributed by atoms with Crippen molar-refractivity contribution in [2.24, 2.45) is 0 Å². The summed E-state index contributed by atoms with van der Waals surface area (Å²) in [6.07, 6.45) is 1.10. The highest BCUT2D eigenvalue weighted by atomic mass is 16.5. The zero-order chi connectivity index (χ0) is 14.4. The number of methoxy groups -OCH3 is 1. The first-order valence-corrected chi connectivity index (χ1v) is 7.34. The van der Waals surface area contributed by atoms with E-state index in [1.807, 2.05) is 12.1 Å². The first-order chi connectivity index (χ1) is 9.70. The zero-order valence-electron chi connectivity index (χ0n) is 12.8. The van der Waals surface area contributed by atoms with Crippen LogP contribution in [-0.2, 0) is 11.3 Å². The number of para-hydroxylation sites is 1. The summed E-state index contributed by atoms with van der Waals surface area (Å²) in [5, 5.41) is 3.51. The molecule has 1 heterocycles. The predicted octanol–water partition coefficient (Wildman–Crippen LogP) is 1.89. The number of morpholine rings is 1. The van der Waals surface area contributed by atoms with Gasteiger partial charge in [-0.1, -0.05) is 18.2 Å². The van der Waals surface area contributed by atoms with Gasteiger partial charge in [0.1, 0.15) is 5.75 Å². The van der Waals surface area contributed by atoms with E-state index in [1.54, 1.807) is 7.11 Å². The van der Waals surface area contributed by atoms with Crippen LogP contribution < -0.4 is 10.1 Å². The molecule has 0 aliphatic carbocycles. The fourth-order valence-electron chi connectivity index (χ4n) is 2.62. The van der Waals surface area contributed by atoms with Crippen LogP contribution in [0.4, 0.5) is 0 Å². The van der Waals surface area contributed by atoms with Crippen molar-refractivity contribution in [3.8, 4) is 5.75 Å². The molecular weight excluding hydrogens is 252 g/mol. The van der Waals surface area contributed by atoms with Crippen LogP contribution >= 0.6 is 0 Å². The van der Waals surface area contributed by atoms with Crippen LogP contribution in [0.5, 0.6) is 5.75 Å². The van der Waals surface area contributed by atoms with Gasteiger partial charge in [0, 0.05) is 30.7 Å². The summed E-state index contributed by atoms with van der Waals surface area (Å²) in [6, 6.07) is 9.19. The van der Waals surface area contributed by atoms with Gasteiger partial charge in [0.2, 0.25) is 0 Å². The number of nitrogens with one attached hydrogen (secondary N) is 1. The number of hydrogen-bond acceptors (Lipinski definition) is 4. The van der Waals surface area contributed by atoms with E-state index in [4.69, 9.17) is 9.47 Å². The highest BCUT2D eigenvalue weighted by molar-refractivity contribution is 5.33. The molecule has 1 N–H and O–H groups in total. The van der Waals surface area contributed by atoms with Crippen LogP contribution in [0.3, 0.4) is 0 Å². The highest BCUT2D eigenvalue weighted by Crippen LogP contribution is 2.20. The average molecular weight is 278 g/mol. The van der Waals surface area contributed by atoms with Crippen LogP contribution in [0.1, 0.15) is 18.9 Å². The van der Waals surface area contributed by atoms with Crippen LogP contribution in [0.15, 0.2) is 24.3 Å². The molecule has 0 spiro atoms. The van der Waals surface area contributed by atoms with Crippen molar-refractivity contribution < 1.29 is 9.47 Å². The first kappa shape index (κ1) is 15.3. The van der Waals surface area contributed by atoms with Gasteiger partial charge >= 0.3 is 0 Å². The van der Waals surface area contributed by atoms with Crippen molar-refractivity contribution in [1.29, 1.82) is 0 Å². The molecule has 0 radical (unpaired) electrons. The predicted molar refractivity (Wildman–Crippen MR) is 81.1 cm³/mol. The molecule has 1 aliphatic rings.